The molecule has 4 heteroatoms. The van der Waals surface area contributed by atoms with Gasteiger partial charge in [0.15, 0.2) is 0 Å². The maximum Gasteiger partial charge on any atom is 0.0936 e. The summed E-state index contributed by atoms with van der Waals surface area (Å²) in [6, 6.07) is 0. The van der Waals surface area contributed by atoms with Gasteiger partial charge in [-0.2, -0.15) is 0 Å². The molecule has 0 bridgehead atoms. The fraction of sp³-hybridized carbons (Fsp3) is 1.00. The number of ether oxygens (including phenoxy) is 3. The zero-order chi connectivity index (χ0) is 10.5. The van der Waals surface area contributed by atoms with E-state index < -0.39 is 0 Å². The molecule has 2 unspecified atom stereocenters. The number of hydrogen-bond donors (Lipinski definition) is 1. The summed E-state index contributed by atoms with van der Waals surface area (Å²) in [5, 5.41) is 3.34. The van der Waals surface area contributed by atoms with Gasteiger partial charge in [-0.15, -0.1) is 0 Å². The van der Waals surface area contributed by atoms with Crippen LogP contribution in [0.15, 0.2) is 0 Å². The van der Waals surface area contributed by atoms with Crippen LogP contribution in [0.4, 0.5) is 0 Å². The van der Waals surface area contributed by atoms with Gasteiger partial charge in [-0.05, 0) is 19.8 Å². The molecular weight excluding hydrogens is 194 g/mol. The van der Waals surface area contributed by atoms with Gasteiger partial charge in [0, 0.05) is 26.3 Å². The molecular formula is C11H21NO3. The molecule has 2 aliphatic heterocycles. The Kier molecular flexibility index (Phi) is 4.38. The third-order valence-corrected chi connectivity index (χ3v) is 2.91. The first kappa shape index (κ1) is 11.3. The second-order valence-corrected chi connectivity index (χ2v) is 4.37. The molecule has 1 N–H and O–H groups in total. The minimum absolute atomic E-state index is 0.219. The van der Waals surface area contributed by atoms with Gasteiger partial charge in [-0.25, -0.2) is 0 Å². The molecule has 2 heterocycles. The van der Waals surface area contributed by atoms with E-state index in [0.717, 1.165) is 39.1 Å². The summed E-state index contributed by atoms with van der Waals surface area (Å²) >= 11 is 0. The number of hydrogen-bond acceptors (Lipinski definition) is 4. The van der Waals surface area contributed by atoms with E-state index in [1.165, 1.54) is 0 Å². The average molecular weight is 215 g/mol. The summed E-state index contributed by atoms with van der Waals surface area (Å²) < 4.78 is 16.9. The standard InChI is InChI=1S/C11H21NO3/c1-9-6-12-7-11(15-9)8-14-10-2-4-13-5-3-10/h9-12H,2-8H2,1H3. The van der Waals surface area contributed by atoms with Crippen molar-refractivity contribution in [1.29, 1.82) is 0 Å². The Bertz CT molecular complexity index is 183. The van der Waals surface area contributed by atoms with E-state index in [1.54, 1.807) is 0 Å². The molecule has 88 valence electrons. The first-order valence-electron chi connectivity index (χ1n) is 5.90. The molecule has 4 nitrogen and oxygen atoms in total. The minimum atomic E-state index is 0.219. The summed E-state index contributed by atoms with van der Waals surface area (Å²) in [4.78, 5) is 0. The molecule has 0 aromatic rings. The number of rotatable bonds is 3. The predicted octanol–water partition coefficient (Wildman–Crippen LogP) is 0.559. The summed E-state index contributed by atoms with van der Waals surface area (Å²) in [6.07, 6.45) is 2.95. The Balaban J connectivity index is 1.63. The van der Waals surface area contributed by atoms with Crippen molar-refractivity contribution in [2.24, 2.45) is 0 Å². The van der Waals surface area contributed by atoms with Gasteiger partial charge in [0.25, 0.3) is 0 Å². The van der Waals surface area contributed by atoms with Crippen molar-refractivity contribution in [3.8, 4) is 0 Å². The van der Waals surface area contributed by atoms with E-state index in [-0.39, 0.29) is 6.10 Å². The van der Waals surface area contributed by atoms with Crippen LogP contribution in [0.3, 0.4) is 0 Å². The van der Waals surface area contributed by atoms with E-state index >= 15 is 0 Å². The predicted molar refractivity (Wildman–Crippen MR) is 57.0 cm³/mol. The normalized spacial score (nSPS) is 34.2. The van der Waals surface area contributed by atoms with Crippen LogP contribution >= 0.6 is 0 Å². The van der Waals surface area contributed by atoms with Crippen LogP contribution in [0, 0.1) is 0 Å². The lowest BCUT2D eigenvalue weighted by molar-refractivity contribution is -0.102. The van der Waals surface area contributed by atoms with Gasteiger partial charge in [-0.3, -0.25) is 0 Å². The minimum Gasteiger partial charge on any atom is -0.381 e. The van der Waals surface area contributed by atoms with Crippen molar-refractivity contribution in [1.82, 2.24) is 5.32 Å². The lowest BCUT2D eigenvalue weighted by Crippen LogP contribution is -2.46. The van der Waals surface area contributed by atoms with Crippen LogP contribution in [0.25, 0.3) is 0 Å². The number of nitrogens with one attached hydrogen (secondary N) is 1. The highest BCUT2D eigenvalue weighted by Crippen LogP contribution is 2.12. The largest absolute Gasteiger partial charge is 0.381 e. The fourth-order valence-electron chi connectivity index (χ4n) is 2.06. The molecule has 2 aliphatic rings. The molecule has 0 spiro atoms. The van der Waals surface area contributed by atoms with Gasteiger partial charge < -0.3 is 19.5 Å². The van der Waals surface area contributed by atoms with Gasteiger partial charge in [0.1, 0.15) is 0 Å². The van der Waals surface area contributed by atoms with Crippen molar-refractivity contribution >= 4 is 0 Å². The number of morpholine rings is 1. The van der Waals surface area contributed by atoms with Gasteiger partial charge in [-0.1, -0.05) is 0 Å². The quantitative estimate of drug-likeness (QED) is 0.746. The molecule has 2 atom stereocenters. The van der Waals surface area contributed by atoms with Crippen LogP contribution in [0.1, 0.15) is 19.8 Å². The molecule has 2 saturated heterocycles. The molecule has 0 aromatic heterocycles. The van der Waals surface area contributed by atoms with E-state index in [0.29, 0.717) is 18.8 Å². The second kappa shape index (κ2) is 5.80. The lowest BCUT2D eigenvalue weighted by atomic mass is 10.1. The third-order valence-electron chi connectivity index (χ3n) is 2.91. The Labute approximate surface area is 91.3 Å². The van der Waals surface area contributed by atoms with E-state index in [2.05, 4.69) is 12.2 Å². The van der Waals surface area contributed by atoms with Crippen LogP contribution in [-0.2, 0) is 14.2 Å². The van der Waals surface area contributed by atoms with E-state index in [4.69, 9.17) is 14.2 Å². The van der Waals surface area contributed by atoms with Crippen molar-refractivity contribution in [2.45, 2.75) is 38.1 Å². The topological polar surface area (TPSA) is 39.7 Å². The van der Waals surface area contributed by atoms with E-state index in [1.807, 2.05) is 0 Å². The Morgan fingerprint density at radius 3 is 2.80 bits per heavy atom. The maximum absolute atomic E-state index is 5.83. The van der Waals surface area contributed by atoms with Crippen molar-refractivity contribution < 1.29 is 14.2 Å². The van der Waals surface area contributed by atoms with Crippen LogP contribution in [0.5, 0.6) is 0 Å². The average Bonchev–Trinajstić information content (AvgIpc) is 2.28. The fourth-order valence-corrected chi connectivity index (χ4v) is 2.06. The summed E-state index contributed by atoms with van der Waals surface area (Å²) in [6.45, 7) is 6.34. The molecule has 0 aromatic carbocycles. The summed E-state index contributed by atoms with van der Waals surface area (Å²) in [5.41, 5.74) is 0. The van der Waals surface area contributed by atoms with Crippen molar-refractivity contribution in [2.75, 3.05) is 32.9 Å². The third kappa shape index (κ3) is 3.72. The van der Waals surface area contributed by atoms with Crippen molar-refractivity contribution in [3.63, 3.8) is 0 Å². The highest BCUT2D eigenvalue weighted by Gasteiger charge is 2.21. The molecule has 0 radical (unpaired) electrons. The monoisotopic (exact) mass is 215 g/mol. The Morgan fingerprint density at radius 1 is 1.27 bits per heavy atom. The molecule has 2 fully saturated rings. The zero-order valence-electron chi connectivity index (χ0n) is 9.41. The lowest BCUT2D eigenvalue weighted by Gasteiger charge is -2.30. The molecule has 2 rings (SSSR count). The first-order chi connectivity index (χ1) is 7.34. The Hall–Kier alpha value is -0.160. The molecule has 0 amide bonds. The van der Waals surface area contributed by atoms with Gasteiger partial charge in [0.05, 0.1) is 24.9 Å². The first-order valence-corrected chi connectivity index (χ1v) is 5.90. The maximum atomic E-state index is 5.83. The van der Waals surface area contributed by atoms with Crippen LogP contribution < -0.4 is 5.32 Å². The van der Waals surface area contributed by atoms with E-state index in [9.17, 15) is 0 Å². The SMILES string of the molecule is CC1CNCC(COC2CCOCC2)O1. The van der Waals surface area contributed by atoms with Gasteiger partial charge >= 0.3 is 0 Å². The summed E-state index contributed by atoms with van der Waals surface area (Å²) in [5.74, 6) is 0. The summed E-state index contributed by atoms with van der Waals surface area (Å²) in [7, 11) is 0. The Morgan fingerprint density at radius 2 is 2.07 bits per heavy atom. The molecule has 0 aliphatic carbocycles. The highest BCUT2D eigenvalue weighted by molar-refractivity contribution is 4.72. The smallest absolute Gasteiger partial charge is 0.0936 e. The molecule has 15 heavy (non-hydrogen) atoms. The highest BCUT2D eigenvalue weighted by atomic mass is 16.5. The van der Waals surface area contributed by atoms with Crippen LogP contribution in [-0.4, -0.2) is 51.2 Å². The van der Waals surface area contributed by atoms with Gasteiger partial charge in [0.2, 0.25) is 0 Å². The van der Waals surface area contributed by atoms with Crippen molar-refractivity contribution in [3.05, 3.63) is 0 Å². The zero-order valence-corrected chi connectivity index (χ0v) is 9.41. The van der Waals surface area contributed by atoms with Crippen LogP contribution in [0.2, 0.25) is 0 Å². The second-order valence-electron chi connectivity index (χ2n) is 4.37. The molecule has 0 saturated carbocycles.